The molecule has 1 aliphatic carbocycles. The maximum Gasteiger partial charge on any atom is 0.348 e. The summed E-state index contributed by atoms with van der Waals surface area (Å²) in [6.07, 6.45) is 4.83. The molecule has 1 heterocycles. The Morgan fingerprint density at radius 3 is 2.52 bits per heavy atom. The Bertz CT molecular complexity index is 542. The highest BCUT2D eigenvalue weighted by Crippen LogP contribution is 2.44. The molecule has 0 radical (unpaired) electrons. The first-order valence-corrected chi connectivity index (χ1v) is 8.36. The molecule has 1 amide bonds. The molecule has 116 valence electrons. The molecule has 0 bridgehead atoms. The predicted octanol–water partition coefficient (Wildman–Crippen LogP) is 4.30. The van der Waals surface area contributed by atoms with Gasteiger partial charge in [0, 0.05) is 5.41 Å². The molecule has 5 heteroatoms. The highest BCUT2D eigenvalue weighted by molar-refractivity contribution is 7.12. The minimum atomic E-state index is -0.979. The number of thiophene rings is 1. The van der Waals surface area contributed by atoms with Gasteiger partial charge < -0.3 is 10.4 Å². The summed E-state index contributed by atoms with van der Waals surface area (Å²) in [6, 6.07) is 0. The van der Waals surface area contributed by atoms with Gasteiger partial charge in [0.2, 0.25) is 5.91 Å². The second-order valence-electron chi connectivity index (χ2n) is 6.47. The third kappa shape index (κ3) is 3.28. The van der Waals surface area contributed by atoms with Crippen LogP contribution in [0.3, 0.4) is 0 Å². The van der Waals surface area contributed by atoms with Crippen LogP contribution in [-0.4, -0.2) is 17.0 Å². The van der Waals surface area contributed by atoms with Crippen molar-refractivity contribution in [1.29, 1.82) is 0 Å². The standard InChI is InChI=1S/C16H23NO3S/c1-10(2)8-16(6-4-5-7-16)15(20)17-12-11(3)9-21-13(12)14(18)19/h9-10H,4-8H2,1-3H3,(H,17,20)(H,18,19). The van der Waals surface area contributed by atoms with Crippen molar-refractivity contribution in [2.45, 2.75) is 52.9 Å². The first kappa shape index (κ1) is 16.0. The molecule has 2 rings (SSSR count). The van der Waals surface area contributed by atoms with Crippen LogP contribution < -0.4 is 5.32 Å². The molecule has 21 heavy (non-hydrogen) atoms. The summed E-state index contributed by atoms with van der Waals surface area (Å²) in [6.45, 7) is 6.10. The molecule has 0 atom stereocenters. The Morgan fingerprint density at radius 1 is 1.38 bits per heavy atom. The predicted molar refractivity (Wildman–Crippen MR) is 85.0 cm³/mol. The number of amides is 1. The van der Waals surface area contributed by atoms with E-state index in [2.05, 4.69) is 19.2 Å². The number of carboxylic acids is 1. The van der Waals surface area contributed by atoms with Crippen LogP contribution in [0.1, 0.15) is 61.2 Å². The number of aryl methyl sites for hydroxylation is 1. The molecule has 1 aliphatic rings. The fraction of sp³-hybridized carbons (Fsp3) is 0.625. The maximum absolute atomic E-state index is 12.8. The van der Waals surface area contributed by atoms with Gasteiger partial charge in [-0.3, -0.25) is 4.79 Å². The van der Waals surface area contributed by atoms with Gasteiger partial charge in [-0.2, -0.15) is 0 Å². The molecular formula is C16H23NO3S. The molecule has 0 saturated heterocycles. The van der Waals surface area contributed by atoms with Crippen molar-refractivity contribution in [3.05, 3.63) is 15.8 Å². The number of carbonyl (C=O) groups excluding carboxylic acids is 1. The summed E-state index contributed by atoms with van der Waals surface area (Å²) in [5, 5.41) is 13.9. The lowest BCUT2D eigenvalue weighted by Crippen LogP contribution is -2.35. The molecule has 1 fully saturated rings. The largest absolute Gasteiger partial charge is 0.477 e. The second kappa shape index (κ2) is 6.18. The minimum Gasteiger partial charge on any atom is -0.477 e. The number of nitrogens with one attached hydrogen (secondary N) is 1. The lowest BCUT2D eigenvalue weighted by molar-refractivity contribution is -0.126. The van der Waals surface area contributed by atoms with Gasteiger partial charge in [-0.05, 0) is 43.0 Å². The number of carbonyl (C=O) groups is 2. The van der Waals surface area contributed by atoms with E-state index in [4.69, 9.17) is 0 Å². The zero-order valence-corrected chi connectivity index (χ0v) is 13.7. The smallest absolute Gasteiger partial charge is 0.348 e. The Kier molecular flexibility index (Phi) is 4.71. The van der Waals surface area contributed by atoms with E-state index in [9.17, 15) is 14.7 Å². The Balaban J connectivity index is 2.24. The van der Waals surface area contributed by atoms with Crippen molar-refractivity contribution in [3.8, 4) is 0 Å². The Hall–Kier alpha value is -1.36. The van der Waals surface area contributed by atoms with Crippen LogP contribution in [0.15, 0.2) is 5.38 Å². The van der Waals surface area contributed by atoms with E-state index in [0.717, 1.165) is 37.7 Å². The molecule has 0 spiro atoms. The summed E-state index contributed by atoms with van der Waals surface area (Å²) in [7, 11) is 0. The van der Waals surface area contributed by atoms with Gasteiger partial charge in [0.25, 0.3) is 0 Å². The SMILES string of the molecule is Cc1csc(C(=O)O)c1NC(=O)C1(CC(C)C)CCCC1. The Morgan fingerprint density at radius 2 is 2.00 bits per heavy atom. The lowest BCUT2D eigenvalue weighted by atomic mass is 9.77. The van der Waals surface area contributed by atoms with Crippen LogP contribution in [0.5, 0.6) is 0 Å². The van der Waals surface area contributed by atoms with E-state index in [-0.39, 0.29) is 16.2 Å². The molecule has 1 aromatic rings. The van der Waals surface area contributed by atoms with Crippen molar-refractivity contribution in [1.82, 2.24) is 0 Å². The van der Waals surface area contributed by atoms with Crippen molar-refractivity contribution in [3.63, 3.8) is 0 Å². The van der Waals surface area contributed by atoms with Crippen LogP contribution in [0.2, 0.25) is 0 Å². The fourth-order valence-corrected chi connectivity index (χ4v) is 4.20. The van der Waals surface area contributed by atoms with E-state index < -0.39 is 5.97 Å². The quantitative estimate of drug-likeness (QED) is 0.852. The lowest BCUT2D eigenvalue weighted by Gasteiger charge is -2.29. The topological polar surface area (TPSA) is 66.4 Å². The summed E-state index contributed by atoms with van der Waals surface area (Å²) in [4.78, 5) is 24.3. The van der Waals surface area contributed by atoms with E-state index in [1.54, 1.807) is 5.38 Å². The number of rotatable bonds is 5. The molecule has 0 aliphatic heterocycles. The van der Waals surface area contributed by atoms with Crippen molar-refractivity contribution >= 4 is 28.9 Å². The van der Waals surface area contributed by atoms with Gasteiger partial charge in [0.1, 0.15) is 4.88 Å². The molecule has 0 aromatic carbocycles. The minimum absolute atomic E-state index is 0.00213. The fourth-order valence-electron chi connectivity index (χ4n) is 3.36. The molecule has 4 nitrogen and oxygen atoms in total. The van der Waals surface area contributed by atoms with Gasteiger partial charge in [0.15, 0.2) is 0 Å². The van der Waals surface area contributed by atoms with Gasteiger partial charge in [-0.1, -0.05) is 26.7 Å². The average Bonchev–Trinajstić information content (AvgIpc) is 2.98. The third-order valence-electron chi connectivity index (χ3n) is 4.25. The van der Waals surface area contributed by atoms with Crippen LogP contribution in [0.4, 0.5) is 5.69 Å². The normalized spacial score (nSPS) is 17.1. The van der Waals surface area contributed by atoms with Crippen LogP contribution in [0.25, 0.3) is 0 Å². The van der Waals surface area contributed by atoms with Crippen LogP contribution >= 0.6 is 11.3 Å². The first-order valence-electron chi connectivity index (χ1n) is 7.48. The first-order chi connectivity index (χ1) is 9.85. The number of hydrogen-bond acceptors (Lipinski definition) is 3. The molecule has 2 N–H and O–H groups in total. The molecule has 0 unspecified atom stereocenters. The number of carboxylic acid groups (broad SMARTS) is 1. The average molecular weight is 309 g/mol. The number of anilines is 1. The maximum atomic E-state index is 12.8. The van der Waals surface area contributed by atoms with Crippen molar-refractivity contribution < 1.29 is 14.7 Å². The number of hydrogen-bond donors (Lipinski definition) is 2. The van der Waals surface area contributed by atoms with Crippen molar-refractivity contribution in [2.75, 3.05) is 5.32 Å². The second-order valence-corrected chi connectivity index (χ2v) is 7.35. The molecular weight excluding hydrogens is 286 g/mol. The Labute approximate surface area is 129 Å². The zero-order valence-electron chi connectivity index (χ0n) is 12.9. The van der Waals surface area contributed by atoms with E-state index in [0.29, 0.717) is 11.6 Å². The van der Waals surface area contributed by atoms with E-state index in [1.807, 2.05) is 6.92 Å². The van der Waals surface area contributed by atoms with Crippen molar-refractivity contribution in [2.24, 2.45) is 11.3 Å². The summed E-state index contributed by atoms with van der Waals surface area (Å²) < 4.78 is 0. The van der Waals surface area contributed by atoms with Gasteiger partial charge in [-0.15, -0.1) is 11.3 Å². The van der Waals surface area contributed by atoms with E-state index in [1.165, 1.54) is 11.3 Å². The highest BCUT2D eigenvalue weighted by atomic mass is 32.1. The monoisotopic (exact) mass is 309 g/mol. The van der Waals surface area contributed by atoms with Gasteiger partial charge in [0.05, 0.1) is 5.69 Å². The summed E-state index contributed by atoms with van der Waals surface area (Å²) >= 11 is 1.17. The molecule has 1 aromatic heterocycles. The van der Waals surface area contributed by atoms with Gasteiger partial charge >= 0.3 is 5.97 Å². The zero-order chi connectivity index (χ0) is 15.6. The summed E-state index contributed by atoms with van der Waals surface area (Å²) in [5.41, 5.74) is 0.981. The highest BCUT2D eigenvalue weighted by Gasteiger charge is 2.41. The third-order valence-corrected chi connectivity index (χ3v) is 5.33. The van der Waals surface area contributed by atoms with Crippen LogP contribution in [-0.2, 0) is 4.79 Å². The number of aromatic carboxylic acids is 1. The van der Waals surface area contributed by atoms with Gasteiger partial charge in [-0.25, -0.2) is 4.79 Å². The molecule has 1 saturated carbocycles. The summed E-state index contributed by atoms with van der Waals surface area (Å²) in [5.74, 6) is -0.526. The van der Waals surface area contributed by atoms with E-state index >= 15 is 0 Å². The van der Waals surface area contributed by atoms with Crippen LogP contribution in [0, 0.1) is 18.3 Å².